The van der Waals surface area contributed by atoms with Gasteiger partial charge in [-0.15, -0.1) is 0 Å². The van der Waals surface area contributed by atoms with Gasteiger partial charge in [-0.1, -0.05) is 32.4 Å². The molecule has 1 aromatic rings. The lowest BCUT2D eigenvalue weighted by atomic mass is 10.1. The largest absolute Gasteiger partial charge is 0.370 e. The molecule has 2 rings (SSSR count). The van der Waals surface area contributed by atoms with Gasteiger partial charge in [0.15, 0.2) is 5.96 Å². The minimum Gasteiger partial charge on any atom is -0.370 e. The maximum atomic E-state index is 5.94. The number of benzene rings is 1. The van der Waals surface area contributed by atoms with E-state index in [4.69, 9.17) is 5.73 Å². The monoisotopic (exact) mass is 245 g/mol. The predicted octanol–water partition coefficient (Wildman–Crippen LogP) is 3.16. The molecule has 0 unspecified atom stereocenters. The molecule has 0 spiro atoms. The van der Waals surface area contributed by atoms with Gasteiger partial charge in [-0.2, -0.15) is 0 Å². The fourth-order valence-corrected chi connectivity index (χ4v) is 2.30. The number of rotatable bonds is 5. The van der Waals surface area contributed by atoms with Gasteiger partial charge in [0.25, 0.3) is 0 Å². The maximum Gasteiger partial charge on any atom is 0.193 e. The Hall–Kier alpha value is -1.51. The highest BCUT2D eigenvalue weighted by atomic mass is 15.1. The van der Waals surface area contributed by atoms with E-state index in [2.05, 4.69) is 36.3 Å². The van der Waals surface area contributed by atoms with Crippen molar-refractivity contribution in [3.8, 4) is 0 Å². The van der Waals surface area contributed by atoms with E-state index in [0.717, 1.165) is 18.0 Å². The number of guanidine groups is 1. The van der Waals surface area contributed by atoms with Crippen LogP contribution in [0.25, 0.3) is 0 Å². The molecular formula is C15H23N3. The average Bonchev–Trinajstić information content (AvgIpc) is 3.07. The summed E-state index contributed by atoms with van der Waals surface area (Å²) in [5.74, 6) is 1.31. The van der Waals surface area contributed by atoms with Crippen LogP contribution in [0.15, 0.2) is 29.3 Å². The molecule has 1 aliphatic rings. The molecule has 98 valence electrons. The van der Waals surface area contributed by atoms with Gasteiger partial charge in [0.2, 0.25) is 0 Å². The number of hydrogen-bond acceptors (Lipinski definition) is 1. The van der Waals surface area contributed by atoms with E-state index in [1.807, 2.05) is 12.1 Å². The topological polar surface area (TPSA) is 50.4 Å². The second kappa shape index (κ2) is 5.89. The number of hydrogen-bond donors (Lipinski definition) is 2. The van der Waals surface area contributed by atoms with Crippen LogP contribution < -0.4 is 11.1 Å². The highest BCUT2D eigenvalue weighted by Crippen LogP contribution is 2.37. The van der Waals surface area contributed by atoms with Crippen molar-refractivity contribution in [3.05, 3.63) is 29.8 Å². The second-order valence-electron chi connectivity index (χ2n) is 5.05. The van der Waals surface area contributed by atoms with Crippen LogP contribution >= 0.6 is 0 Å². The number of nitrogens with two attached hydrogens (primary N) is 1. The molecule has 0 saturated heterocycles. The zero-order valence-corrected chi connectivity index (χ0v) is 11.3. The standard InChI is InChI=1S/C15H23N3/c1-3-6-12-10-14(12)18-15(16)17-13-8-5-7-11(4-2)9-13/h5,7-9,12,14H,3-4,6,10H2,1-2H3,(H3,16,17,18)/t12-,14-/m1/s1. The summed E-state index contributed by atoms with van der Waals surface area (Å²) in [5, 5.41) is 3.18. The Balaban J connectivity index is 1.90. The molecule has 1 aromatic carbocycles. The van der Waals surface area contributed by atoms with Crippen LogP contribution in [-0.4, -0.2) is 12.0 Å². The first-order valence-corrected chi connectivity index (χ1v) is 6.92. The average molecular weight is 245 g/mol. The summed E-state index contributed by atoms with van der Waals surface area (Å²) in [7, 11) is 0. The zero-order valence-electron chi connectivity index (χ0n) is 11.3. The molecule has 0 bridgehead atoms. The highest BCUT2D eigenvalue weighted by molar-refractivity contribution is 5.92. The first-order chi connectivity index (χ1) is 8.72. The molecule has 3 nitrogen and oxygen atoms in total. The zero-order chi connectivity index (χ0) is 13.0. The van der Waals surface area contributed by atoms with Crippen LogP contribution in [0.3, 0.4) is 0 Å². The molecule has 0 aromatic heterocycles. The summed E-state index contributed by atoms with van der Waals surface area (Å²) < 4.78 is 0. The third-order valence-electron chi connectivity index (χ3n) is 3.46. The van der Waals surface area contributed by atoms with Crippen LogP contribution in [-0.2, 0) is 6.42 Å². The summed E-state index contributed by atoms with van der Waals surface area (Å²) in [4.78, 5) is 4.52. The molecule has 3 N–H and O–H groups in total. The van der Waals surface area contributed by atoms with Crippen LogP contribution in [0.4, 0.5) is 5.69 Å². The minimum absolute atomic E-state index is 0.451. The van der Waals surface area contributed by atoms with Crippen molar-refractivity contribution in [2.75, 3.05) is 5.32 Å². The van der Waals surface area contributed by atoms with E-state index in [1.54, 1.807) is 0 Å². The van der Waals surface area contributed by atoms with E-state index < -0.39 is 0 Å². The highest BCUT2D eigenvalue weighted by Gasteiger charge is 2.35. The number of nitrogens with zero attached hydrogens (tertiary/aromatic N) is 1. The predicted molar refractivity (Wildman–Crippen MR) is 77.9 cm³/mol. The molecule has 0 aliphatic heterocycles. The Morgan fingerprint density at radius 1 is 1.44 bits per heavy atom. The SMILES string of the molecule is CCC[C@@H]1C[C@H]1N=C(N)Nc1cccc(CC)c1. The molecule has 0 radical (unpaired) electrons. The van der Waals surface area contributed by atoms with Crippen molar-refractivity contribution in [2.45, 2.75) is 45.6 Å². The Kier molecular flexibility index (Phi) is 4.24. The second-order valence-corrected chi connectivity index (χ2v) is 5.05. The smallest absolute Gasteiger partial charge is 0.193 e. The summed E-state index contributed by atoms with van der Waals surface area (Å²) in [6.07, 6.45) is 4.74. The third kappa shape index (κ3) is 3.49. The Labute approximate surface area is 109 Å². The number of aryl methyl sites for hydroxylation is 1. The summed E-state index contributed by atoms with van der Waals surface area (Å²) in [5.41, 5.74) is 8.27. The molecule has 1 aliphatic carbocycles. The summed E-state index contributed by atoms with van der Waals surface area (Å²) >= 11 is 0. The minimum atomic E-state index is 0.451. The molecule has 0 amide bonds. The first-order valence-electron chi connectivity index (χ1n) is 6.92. The normalized spacial score (nSPS) is 22.9. The molecule has 3 heteroatoms. The molecule has 18 heavy (non-hydrogen) atoms. The Bertz CT molecular complexity index is 426. The van der Waals surface area contributed by atoms with Crippen molar-refractivity contribution in [2.24, 2.45) is 16.6 Å². The van der Waals surface area contributed by atoms with E-state index in [1.165, 1.54) is 24.8 Å². The quantitative estimate of drug-likeness (QED) is 0.618. The van der Waals surface area contributed by atoms with Gasteiger partial charge < -0.3 is 11.1 Å². The molecule has 0 heterocycles. The van der Waals surface area contributed by atoms with E-state index in [0.29, 0.717) is 12.0 Å². The van der Waals surface area contributed by atoms with Gasteiger partial charge >= 0.3 is 0 Å². The fraction of sp³-hybridized carbons (Fsp3) is 0.533. The summed E-state index contributed by atoms with van der Waals surface area (Å²) in [6.45, 7) is 4.37. The number of anilines is 1. The van der Waals surface area contributed by atoms with Crippen LogP contribution in [0.1, 0.15) is 38.7 Å². The van der Waals surface area contributed by atoms with Crippen LogP contribution in [0.2, 0.25) is 0 Å². The number of aliphatic imine (C=N–C) groups is 1. The number of nitrogens with one attached hydrogen (secondary N) is 1. The Morgan fingerprint density at radius 3 is 3.00 bits per heavy atom. The molecule has 1 saturated carbocycles. The van der Waals surface area contributed by atoms with Gasteiger partial charge in [-0.3, -0.25) is 0 Å². The van der Waals surface area contributed by atoms with Crippen molar-refractivity contribution >= 4 is 11.6 Å². The van der Waals surface area contributed by atoms with Crippen LogP contribution in [0, 0.1) is 5.92 Å². The molecule has 2 atom stereocenters. The Morgan fingerprint density at radius 2 is 2.28 bits per heavy atom. The van der Waals surface area contributed by atoms with Gasteiger partial charge in [0.05, 0.1) is 6.04 Å². The van der Waals surface area contributed by atoms with E-state index in [-0.39, 0.29) is 0 Å². The molecular weight excluding hydrogens is 222 g/mol. The van der Waals surface area contributed by atoms with Crippen molar-refractivity contribution < 1.29 is 0 Å². The van der Waals surface area contributed by atoms with E-state index in [9.17, 15) is 0 Å². The molecule has 1 fully saturated rings. The maximum absolute atomic E-state index is 5.94. The third-order valence-corrected chi connectivity index (χ3v) is 3.46. The van der Waals surface area contributed by atoms with Gasteiger partial charge in [0.1, 0.15) is 0 Å². The van der Waals surface area contributed by atoms with Crippen molar-refractivity contribution in [1.82, 2.24) is 0 Å². The van der Waals surface area contributed by atoms with Crippen molar-refractivity contribution in [3.63, 3.8) is 0 Å². The van der Waals surface area contributed by atoms with Gasteiger partial charge in [0, 0.05) is 5.69 Å². The van der Waals surface area contributed by atoms with E-state index >= 15 is 0 Å². The fourth-order valence-electron chi connectivity index (χ4n) is 2.30. The summed E-state index contributed by atoms with van der Waals surface area (Å²) in [6, 6.07) is 8.77. The van der Waals surface area contributed by atoms with Crippen LogP contribution in [0.5, 0.6) is 0 Å². The lowest BCUT2D eigenvalue weighted by molar-refractivity contribution is 0.683. The lowest BCUT2D eigenvalue weighted by Crippen LogP contribution is -2.23. The van der Waals surface area contributed by atoms with Gasteiger partial charge in [-0.25, -0.2) is 4.99 Å². The first kappa shape index (κ1) is 12.9. The van der Waals surface area contributed by atoms with Gasteiger partial charge in [-0.05, 0) is 42.9 Å². The lowest BCUT2D eigenvalue weighted by Gasteiger charge is -2.07. The van der Waals surface area contributed by atoms with Crippen molar-refractivity contribution in [1.29, 1.82) is 0 Å².